The van der Waals surface area contributed by atoms with Gasteiger partial charge in [-0.1, -0.05) is 0 Å². The van der Waals surface area contributed by atoms with Crippen LogP contribution in [-0.4, -0.2) is 37.5 Å². The first-order valence-electron chi connectivity index (χ1n) is 8.46. The maximum atomic E-state index is 12.5. The van der Waals surface area contributed by atoms with Gasteiger partial charge in [-0.05, 0) is 43.3 Å². The number of methoxy groups -OCH3 is 3. The number of aromatic nitrogens is 2. The number of rotatable bonds is 7. The molecule has 0 N–H and O–H groups in total. The van der Waals surface area contributed by atoms with Crippen LogP contribution in [0.5, 0.6) is 17.2 Å². The molecule has 2 aromatic carbocycles. The Hall–Kier alpha value is -3.55. The fraction of sp³-hybridized carbons (Fsp3) is 0.250. The second kappa shape index (κ2) is 8.43. The number of hydrogen-bond acceptors (Lipinski definition) is 8. The molecule has 0 fully saturated rings. The maximum absolute atomic E-state index is 12.5. The number of esters is 1. The molecular weight excluding hydrogens is 364 g/mol. The lowest BCUT2D eigenvalue weighted by atomic mass is 10.2. The van der Waals surface area contributed by atoms with Crippen LogP contribution in [0.2, 0.25) is 0 Å². The quantitative estimate of drug-likeness (QED) is 0.570. The molecule has 0 spiro atoms. The minimum absolute atomic E-state index is 0.189. The van der Waals surface area contributed by atoms with Gasteiger partial charge < -0.3 is 23.4 Å². The van der Waals surface area contributed by atoms with Gasteiger partial charge >= 0.3 is 5.97 Å². The summed E-state index contributed by atoms with van der Waals surface area (Å²) in [6.45, 7) is 1.65. The molecule has 0 amide bonds. The zero-order valence-corrected chi connectivity index (χ0v) is 16.0. The van der Waals surface area contributed by atoms with E-state index in [4.69, 9.17) is 23.4 Å². The van der Waals surface area contributed by atoms with E-state index < -0.39 is 12.1 Å². The molecule has 0 unspecified atom stereocenters. The minimum atomic E-state index is -0.732. The molecule has 3 rings (SSSR count). The second-order valence-electron chi connectivity index (χ2n) is 5.82. The summed E-state index contributed by atoms with van der Waals surface area (Å²) < 4.78 is 26.5. The highest BCUT2D eigenvalue weighted by molar-refractivity contribution is 5.90. The van der Waals surface area contributed by atoms with E-state index in [-0.39, 0.29) is 11.5 Å². The SMILES string of the molecule is COc1ccc(-c2nnc([C@H](C)OC(=O)c3cc(OC)cc(OC)c3)o2)cc1. The highest BCUT2D eigenvalue weighted by Crippen LogP contribution is 2.27. The lowest BCUT2D eigenvalue weighted by Gasteiger charge is -2.11. The standard InChI is InChI=1S/C20H20N2O6/c1-12(27-20(23)14-9-16(25-3)11-17(10-14)26-4)18-21-22-19(28-18)13-5-7-15(24-2)8-6-13/h5-12H,1-4H3/t12-/m0/s1. The molecule has 0 saturated heterocycles. The van der Waals surface area contributed by atoms with Crippen LogP contribution in [0, 0.1) is 0 Å². The number of ether oxygens (including phenoxy) is 4. The van der Waals surface area contributed by atoms with Gasteiger partial charge in [0.15, 0.2) is 6.10 Å². The molecule has 8 heteroatoms. The van der Waals surface area contributed by atoms with Gasteiger partial charge in [0.25, 0.3) is 5.89 Å². The van der Waals surface area contributed by atoms with Crippen LogP contribution in [-0.2, 0) is 4.74 Å². The molecule has 1 heterocycles. The first-order valence-corrected chi connectivity index (χ1v) is 8.46. The van der Waals surface area contributed by atoms with Crippen molar-refractivity contribution < 1.29 is 28.2 Å². The smallest absolute Gasteiger partial charge is 0.339 e. The van der Waals surface area contributed by atoms with E-state index >= 15 is 0 Å². The molecule has 0 aliphatic rings. The molecule has 1 atom stereocenters. The first-order chi connectivity index (χ1) is 13.5. The number of carbonyl (C=O) groups excluding carboxylic acids is 1. The Bertz CT molecular complexity index is 929. The molecule has 0 aliphatic heterocycles. The Kier molecular flexibility index (Phi) is 5.78. The average Bonchev–Trinajstić information content (AvgIpc) is 3.23. The van der Waals surface area contributed by atoms with Crippen LogP contribution < -0.4 is 14.2 Å². The number of hydrogen-bond donors (Lipinski definition) is 0. The zero-order valence-electron chi connectivity index (χ0n) is 16.0. The molecule has 8 nitrogen and oxygen atoms in total. The Morgan fingerprint density at radius 3 is 2.07 bits per heavy atom. The molecular formula is C20H20N2O6. The van der Waals surface area contributed by atoms with Crippen LogP contribution in [0.15, 0.2) is 46.9 Å². The van der Waals surface area contributed by atoms with Crippen molar-refractivity contribution in [2.75, 3.05) is 21.3 Å². The van der Waals surface area contributed by atoms with E-state index in [1.807, 2.05) is 0 Å². The second-order valence-corrected chi connectivity index (χ2v) is 5.82. The van der Waals surface area contributed by atoms with Crippen LogP contribution in [0.1, 0.15) is 29.3 Å². The van der Waals surface area contributed by atoms with E-state index in [1.165, 1.54) is 14.2 Å². The van der Waals surface area contributed by atoms with Crippen molar-refractivity contribution >= 4 is 5.97 Å². The third-order valence-corrected chi connectivity index (χ3v) is 4.00. The van der Waals surface area contributed by atoms with Crippen LogP contribution in [0.25, 0.3) is 11.5 Å². The van der Waals surface area contributed by atoms with Gasteiger partial charge in [0.1, 0.15) is 17.2 Å². The molecule has 0 bridgehead atoms. The summed E-state index contributed by atoms with van der Waals surface area (Å²) >= 11 is 0. The molecule has 3 aromatic rings. The summed E-state index contributed by atoms with van der Waals surface area (Å²) in [4.78, 5) is 12.5. The van der Waals surface area contributed by atoms with Gasteiger partial charge in [-0.15, -0.1) is 10.2 Å². The van der Waals surface area contributed by atoms with Crippen molar-refractivity contribution in [3.63, 3.8) is 0 Å². The summed E-state index contributed by atoms with van der Waals surface area (Å²) in [7, 11) is 4.60. The van der Waals surface area contributed by atoms with E-state index in [2.05, 4.69) is 10.2 Å². The Labute approximate surface area is 162 Å². The molecule has 0 saturated carbocycles. The van der Waals surface area contributed by atoms with Crippen molar-refractivity contribution in [3.8, 4) is 28.7 Å². The topological polar surface area (TPSA) is 92.9 Å². The van der Waals surface area contributed by atoms with Gasteiger partial charge in [0.2, 0.25) is 5.89 Å². The monoisotopic (exact) mass is 384 g/mol. The van der Waals surface area contributed by atoms with E-state index in [0.717, 1.165) is 11.3 Å². The summed E-state index contributed by atoms with van der Waals surface area (Å²) in [6, 6.07) is 12.0. The number of benzene rings is 2. The highest BCUT2D eigenvalue weighted by Gasteiger charge is 2.21. The Balaban J connectivity index is 1.73. The van der Waals surface area contributed by atoms with Crippen LogP contribution in [0.3, 0.4) is 0 Å². The predicted octanol–water partition coefficient (Wildman–Crippen LogP) is 3.68. The average molecular weight is 384 g/mol. The van der Waals surface area contributed by atoms with E-state index in [0.29, 0.717) is 17.4 Å². The summed E-state index contributed by atoms with van der Waals surface area (Å²) in [5.41, 5.74) is 1.02. The van der Waals surface area contributed by atoms with Gasteiger partial charge in [-0.2, -0.15) is 0 Å². The zero-order chi connectivity index (χ0) is 20.1. The van der Waals surface area contributed by atoms with Crippen LogP contribution >= 0.6 is 0 Å². The Morgan fingerprint density at radius 2 is 1.50 bits per heavy atom. The van der Waals surface area contributed by atoms with Crippen molar-refractivity contribution in [2.24, 2.45) is 0 Å². The van der Waals surface area contributed by atoms with Crippen molar-refractivity contribution in [2.45, 2.75) is 13.0 Å². The van der Waals surface area contributed by atoms with Gasteiger partial charge in [-0.25, -0.2) is 4.79 Å². The first kappa shape index (κ1) is 19.2. The molecule has 0 aliphatic carbocycles. The molecule has 28 heavy (non-hydrogen) atoms. The lowest BCUT2D eigenvalue weighted by molar-refractivity contribution is 0.0279. The van der Waals surface area contributed by atoms with Gasteiger partial charge in [0.05, 0.1) is 26.9 Å². The van der Waals surface area contributed by atoms with E-state index in [9.17, 15) is 4.79 Å². The minimum Gasteiger partial charge on any atom is -0.497 e. The third kappa shape index (κ3) is 4.22. The lowest BCUT2D eigenvalue weighted by Crippen LogP contribution is -2.10. The van der Waals surface area contributed by atoms with Crippen LogP contribution in [0.4, 0.5) is 0 Å². The number of nitrogens with zero attached hydrogens (tertiary/aromatic N) is 2. The molecule has 0 radical (unpaired) electrons. The fourth-order valence-corrected chi connectivity index (χ4v) is 2.45. The van der Waals surface area contributed by atoms with Crippen molar-refractivity contribution in [1.82, 2.24) is 10.2 Å². The Morgan fingerprint density at radius 1 is 0.893 bits per heavy atom. The van der Waals surface area contributed by atoms with Crippen molar-refractivity contribution in [3.05, 3.63) is 53.9 Å². The van der Waals surface area contributed by atoms with E-state index in [1.54, 1.807) is 56.5 Å². The largest absolute Gasteiger partial charge is 0.497 e. The van der Waals surface area contributed by atoms with Crippen molar-refractivity contribution in [1.29, 1.82) is 0 Å². The fourth-order valence-electron chi connectivity index (χ4n) is 2.45. The molecule has 1 aromatic heterocycles. The molecule has 146 valence electrons. The predicted molar refractivity (Wildman–Crippen MR) is 99.7 cm³/mol. The highest BCUT2D eigenvalue weighted by atomic mass is 16.6. The summed E-state index contributed by atoms with van der Waals surface area (Å²) in [5.74, 6) is 1.64. The van der Waals surface area contributed by atoms with Gasteiger partial charge in [-0.3, -0.25) is 0 Å². The maximum Gasteiger partial charge on any atom is 0.339 e. The number of carbonyl (C=O) groups is 1. The summed E-state index contributed by atoms with van der Waals surface area (Å²) in [5, 5.41) is 7.98. The third-order valence-electron chi connectivity index (χ3n) is 4.00. The normalized spacial score (nSPS) is 11.6. The van der Waals surface area contributed by atoms with Gasteiger partial charge in [0, 0.05) is 11.6 Å². The summed E-state index contributed by atoms with van der Waals surface area (Å²) in [6.07, 6.45) is -0.732.